The maximum atomic E-state index is 12.0. The molecule has 0 aromatic carbocycles. The number of carbonyl (C=O) groups excluding carboxylic acids is 3. The van der Waals surface area contributed by atoms with Crippen molar-refractivity contribution in [2.45, 2.75) is 52.0 Å². The second-order valence-electron chi connectivity index (χ2n) is 6.12. The zero-order chi connectivity index (χ0) is 21.1. The molecule has 9 nitrogen and oxygen atoms in total. The lowest BCUT2D eigenvalue weighted by atomic mass is 9.92. The van der Waals surface area contributed by atoms with Crippen LogP contribution in [-0.2, 0) is 28.6 Å². The summed E-state index contributed by atoms with van der Waals surface area (Å²) in [6.07, 6.45) is 0. The normalized spacial score (nSPS) is 13.8. The Kier molecular flexibility index (Phi) is 7.06. The van der Waals surface area contributed by atoms with Gasteiger partial charge in [0.2, 0.25) is 0 Å². The highest BCUT2D eigenvalue weighted by molar-refractivity contribution is 5.90. The molecule has 0 radical (unpaired) electrons. The summed E-state index contributed by atoms with van der Waals surface area (Å²) < 4.78 is 14.9. The summed E-state index contributed by atoms with van der Waals surface area (Å²) in [4.78, 5) is 35.8. The number of rotatable bonds is 8. The van der Waals surface area contributed by atoms with Crippen molar-refractivity contribution in [2.75, 3.05) is 0 Å². The minimum atomic E-state index is -3.79. The fourth-order valence-corrected chi connectivity index (χ4v) is 1.48. The van der Waals surface area contributed by atoms with Gasteiger partial charge >= 0.3 is 29.7 Å². The van der Waals surface area contributed by atoms with Gasteiger partial charge in [0.05, 0.1) is 0 Å². The second-order valence-corrected chi connectivity index (χ2v) is 6.12. The van der Waals surface area contributed by atoms with Gasteiger partial charge in [-0.1, -0.05) is 19.7 Å². The molecule has 0 aliphatic carbocycles. The first-order valence-corrected chi connectivity index (χ1v) is 7.32. The zero-order valence-corrected chi connectivity index (χ0v) is 15.4. The van der Waals surface area contributed by atoms with Crippen LogP contribution in [0.1, 0.15) is 34.6 Å². The average molecular weight is 372 g/mol. The number of carbonyl (C=O) groups is 3. The number of hydrogen-bond donors (Lipinski definition) is 3. The first-order valence-electron chi connectivity index (χ1n) is 7.32. The summed E-state index contributed by atoms with van der Waals surface area (Å²) >= 11 is 0. The number of aliphatic hydroxyl groups is 3. The largest absolute Gasteiger partial charge is 0.439 e. The smallest absolute Gasteiger partial charge is 0.336 e. The van der Waals surface area contributed by atoms with E-state index in [2.05, 4.69) is 19.7 Å². The van der Waals surface area contributed by atoms with Crippen molar-refractivity contribution in [3.8, 4) is 0 Å². The van der Waals surface area contributed by atoms with Gasteiger partial charge in [0.25, 0.3) is 5.60 Å². The molecule has 0 bridgehead atoms. The molecule has 1 unspecified atom stereocenters. The molecule has 26 heavy (non-hydrogen) atoms. The van der Waals surface area contributed by atoms with Crippen molar-refractivity contribution in [2.24, 2.45) is 0 Å². The molecular formula is C17H24O9. The van der Waals surface area contributed by atoms with Crippen LogP contribution >= 0.6 is 0 Å². The highest BCUT2D eigenvalue weighted by atomic mass is 16.8. The molecule has 0 rings (SSSR count). The molecule has 0 heterocycles. The molecule has 0 aromatic rings. The first-order chi connectivity index (χ1) is 11.5. The van der Waals surface area contributed by atoms with Crippen LogP contribution in [-0.4, -0.2) is 50.6 Å². The van der Waals surface area contributed by atoms with Crippen molar-refractivity contribution < 1.29 is 43.9 Å². The van der Waals surface area contributed by atoms with Gasteiger partial charge in [-0.2, -0.15) is 0 Å². The SMILES string of the molecule is C=C(C)C(=O)OC(C)(OC(=O)C(=C)C)C(C)(OC(=O)C(=C)C)C(O)(O)O. The lowest BCUT2D eigenvalue weighted by molar-refractivity contribution is -0.438. The van der Waals surface area contributed by atoms with Crippen molar-refractivity contribution in [1.82, 2.24) is 0 Å². The van der Waals surface area contributed by atoms with Crippen LogP contribution in [0.5, 0.6) is 0 Å². The van der Waals surface area contributed by atoms with Gasteiger partial charge in [0.15, 0.2) is 0 Å². The fourth-order valence-electron chi connectivity index (χ4n) is 1.48. The Morgan fingerprint density at radius 1 is 0.692 bits per heavy atom. The predicted octanol–water partition coefficient (Wildman–Crippen LogP) is 0.450. The van der Waals surface area contributed by atoms with Crippen molar-refractivity contribution >= 4 is 17.9 Å². The summed E-state index contributed by atoms with van der Waals surface area (Å²) in [7, 11) is 0. The number of hydrogen-bond acceptors (Lipinski definition) is 9. The van der Waals surface area contributed by atoms with E-state index in [1.165, 1.54) is 20.8 Å². The third-order valence-corrected chi connectivity index (χ3v) is 3.42. The van der Waals surface area contributed by atoms with Crippen LogP contribution in [0.15, 0.2) is 36.5 Å². The molecule has 0 fully saturated rings. The van der Waals surface area contributed by atoms with E-state index in [-0.39, 0.29) is 16.7 Å². The van der Waals surface area contributed by atoms with Gasteiger partial charge in [0, 0.05) is 23.6 Å². The Morgan fingerprint density at radius 2 is 0.962 bits per heavy atom. The molecule has 0 spiro atoms. The summed E-state index contributed by atoms with van der Waals surface area (Å²) in [6.45, 7) is 15.5. The van der Waals surface area contributed by atoms with Crippen LogP contribution in [0.25, 0.3) is 0 Å². The van der Waals surface area contributed by atoms with Gasteiger partial charge in [-0.05, 0) is 27.7 Å². The van der Waals surface area contributed by atoms with Gasteiger partial charge in [0.1, 0.15) is 0 Å². The monoisotopic (exact) mass is 372 g/mol. The Bertz CT molecular complexity index is 626. The zero-order valence-electron chi connectivity index (χ0n) is 15.4. The predicted molar refractivity (Wildman–Crippen MR) is 88.9 cm³/mol. The molecule has 146 valence electrons. The maximum Gasteiger partial charge on any atom is 0.336 e. The van der Waals surface area contributed by atoms with Crippen LogP contribution in [0.4, 0.5) is 0 Å². The quantitative estimate of drug-likeness (QED) is 0.315. The summed E-state index contributed by atoms with van der Waals surface area (Å²) in [5.74, 6) is -9.91. The third kappa shape index (κ3) is 5.01. The van der Waals surface area contributed by atoms with E-state index >= 15 is 0 Å². The van der Waals surface area contributed by atoms with E-state index in [1.807, 2.05) is 0 Å². The van der Waals surface area contributed by atoms with Crippen molar-refractivity contribution in [1.29, 1.82) is 0 Å². The minimum Gasteiger partial charge on any atom is -0.439 e. The Labute approximate surface area is 151 Å². The van der Waals surface area contributed by atoms with E-state index in [0.29, 0.717) is 0 Å². The van der Waals surface area contributed by atoms with Crippen LogP contribution < -0.4 is 0 Å². The van der Waals surface area contributed by atoms with E-state index < -0.39 is 35.3 Å². The molecule has 0 amide bonds. The molecular weight excluding hydrogens is 348 g/mol. The lowest BCUT2D eigenvalue weighted by Gasteiger charge is -2.46. The second kappa shape index (κ2) is 7.81. The molecule has 0 saturated carbocycles. The molecule has 0 aliphatic heterocycles. The van der Waals surface area contributed by atoms with E-state index in [0.717, 1.165) is 13.8 Å². The lowest BCUT2D eigenvalue weighted by Crippen LogP contribution is -2.69. The average Bonchev–Trinajstić information content (AvgIpc) is 2.44. The summed E-state index contributed by atoms with van der Waals surface area (Å²) in [5, 5.41) is 29.3. The molecule has 0 aliphatic rings. The topological polar surface area (TPSA) is 140 Å². The maximum absolute atomic E-state index is 12.0. The fraction of sp³-hybridized carbons (Fsp3) is 0.471. The van der Waals surface area contributed by atoms with Crippen LogP contribution in [0.3, 0.4) is 0 Å². The van der Waals surface area contributed by atoms with Crippen molar-refractivity contribution in [3.05, 3.63) is 36.5 Å². The van der Waals surface area contributed by atoms with Crippen molar-refractivity contribution in [3.63, 3.8) is 0 Å². The standard InChI is InChI=1S/C17H24O9/c1-9(2)12(18)24-15(7,17(21,22)23)16(8,25-13(19)10(3)4)26-14(20)11(5)6/h21-23H,1,3,5H2,2,4,6-8H3. The van der Waals surface area contributed by atoms with Gasteiger partial charge in [-0.15, -0.1) is 0 Å². The van der Waals surface area contributed by atoms with Crippen LogP contribution in [0, 0.1) is 0 Å². The summed E-state index contributed by atoms with van der Waals surface area (Å²) in [6, 6.07) is 0. The summed E-state index contributed by atoms with van der Waals surface area (Å²) in [5.41, 5.74) is -3.35. The Morgan fingerprint density at radius 3 is 1.19 bits per heavy atom. The molecule has 9 heteroatoms. The first kappa shape index (κ1) is 23.5. The molecule has 3 N–H and O–H groups in total. The van der Waals surface area contributed by atoms with E-state index in [4.69, 9.17) is 14.2 Å². The highest BCUT2D eigenvalue weighted by Gasteiger charge is 2.66. The third-order valence-electron chi connectivity index (χ3n) is 3.42. The highest BCUT2D eigenvalue weighted by Crippen LogP contribution is 2.39. The van der Waals surface area contributed by atoms with E-state index in [1.54, 1.807) is 0 Å². The van der Waals surface area contributed by atoms with Crippen LogP contribution in [0.2, 0.25) is 0 Å². The Hall–Kier alpha value is -2.49. The Balaban J connectivity index is 6.41. The number of esters is 3. The van der Waals surface area contributed by atoms with Gasteiger partial charge in [-0.3, -0.25) is 0 Å². The van der Waals surface area contributed by atoms with E-state index in [9.17, 15) is 29.7 Å². The van der Waals surface area contributed by atoms with Gasteiger partial charge in [-0.25, -0.2) is 14.4 Å². The van der Waals surface area contributed by atoms with Gasteiger partial charge < -0.3 is 29.5 Å². The minimum absolute atomic E-state index is 0.143. The molecule has 0 aromatic heterocycles. The molecule has 0 saturated heterocycles. The number of ether oxygens (including phenoxy) is 3. The molecule has 1 atom stereocenters.